The van der Waals surface area contributed by atoms with E-state index < -0.39 is 11.7 Å². The van der Waals surface area contributed by atoms with Crippen LogP contribution in [0.3, 0.4) is 0 Å². The summed E-state index contributed by atoms with van der Waals surface area (Å²) >= 11 is 13.1. The first kappa shape index (κ1) is 26.6. The van der Waals surface area contributed by atoms with Gasteiger partial charge in [-0.15, -0.1) is 0 Å². The number of rotatable bonds is 9. The van der Waals surface area contributed by atoms with Crippen LogP contribution in [0.4, 0.5) is 33.1 Å². The Bertz CT molecular complexity index is 1490. The molecule has 0 aliphatic heterocycles. The van der Waals surface area contributed by atoms with Gasteiger partial charge in [0.25, 0.3) is 5.91 Å². The van der Waals surface area contributed by atoms with Crippen LogP contribution in [0.5, 0.6) is 11.5 Å². The molecule has 4 rings (SSSR count). The van der Waals surface area contributed by atoms with Gasteiger partial charge in [-0.05, 0) is 24.3 Å². The molecule has 0 aliphatic carbocycles. The zero-order chi connectivity index (χ0) is 27.2. The molecule has 12 heteroatoms. The SMILES string of the molecule is C=C(F)C(=O)Nc1ccccc1Nc1cc(-c2cccnc2Nc2c(Cl)c(OC)cc(OC)c2Cl)ncn1. The number of methoxy groups -OCH3 is 2. The third-order valence-electron chi connectivity index (χ3n) is 5.25. The molecule has 3 N–H and O–H groups in total. The summed E-state index contributed by atoms with van der Waals surface area (Å²) in [6, 6.07) is 13.6. The molecule has 0 unspecified atom stereocenters. The molecule has 194 valence electrons. The smallest absolute Gasteiger partial charge is 0.283 e. The van der Waals surface area contributed by atoms with Crippen molar-refractivity contribution in [1.29, 1.82) is 0 Å². The molecule has 2 aromatic heterocycles. The first-order valence-electron chi connectivity index (χ1n) is 11.0. The van der Waals surface area contributed by atoms with E-state index in [4.69, 9.17) is 32.7 Å². The number of para-hydroxylation sites is 2. The van der Waals surface area contributed by atoms with Crippen molar-refractivity contribution in [3.63, 3.8) is 0 Å². The van der Waals surface area contributed by atoms with Crippen LogP contribution in [-0.4, -0.2) is 35.1 Å². The summed E-state index contributed by atoms with van der Waals surface area (Å²) in [7, 11) is 2.97. The average Bonchev–Trinajstić information content (AvgIpc) is 2.92. The summed E-state index contributed by atoms with van der Waals surface area (Å²) in [5.41, 5.74) is 2.30. The van der Waals surface area contributed by atoms with Gasteiger partial charge in [0.15, 0.2) is 5.83 Å². The average molecular weight is 555 g/mol. The van der Waals surface area contributed by atoms with Crippen molar-refractivity contribution >= 4 is 57.8 Å². The summed E-state index contributed by atoms with van der Waals surface area (Å²) in [6.45, 7) is 3.02. The van der Waals surface area contributed by atoms with Crippen LogP contribution in [-0.2, 0) is 4.79 Å². The number of carbonyl (C=O) groups is 1. The number of halogens is 3. The number of hydrogen-bond donors (Lipinski definition) is 3. The molecule has 2 aromatic carbocycles. The molecule has 9 nitrogen and oxygen atoms in total. The number of nitrogens with one attached hydrogen (secondary N) is 3. The van der Waals surface area contributed by atoms with E-state index in [2.05, 4.69) is 37.5 Å². The van der Waals surface area contributed by atoms with Crippen molar-refractivity contribution in [3.05, 3.63) is 83.5 Å². The van der Waals surface area contributed by atoms with Gasteiger partial charge in [-0.2, -0.15) is 0 Å². The van der Waals surface area contributed by atoms with E-state index in [0.717, 1.165) is 0 Å². The standard InChI is InChI=1S/C26H21Cl2FN6O3/c1-14(29)26(36)34-17-9-5-4-8-16(17)33-21-11-18(31-13-32-21)15-7-6-10-30-25(15)35-24-22(27)19(37-2)12-20(38-3)23(24)28/h4-13H,1H2,2-3H3,(H,30,35)(H,34,36)(H,31,32,33). The second-order valence-corrected chi connectivity index (χ2v) is 8.38. The third kappa shape index (κ3) is 5.77. The van der Waals surface area contributed by atoms with E-state index in [-0.39, 0.29) is 10.0 Å². The Hall–Kier alpha value is -4.41. The van der Waals surface area contributed by atoms with Crippen LogP contribution in [0.2, 0.25) is 10.0 Å². The molecule has 2 heterocycles. The fourth-order valence-corrected chi connectivity index (χ4v) is 4.02. The number of hydrogen-bond acceptors (Lipinski definition) is 8. The van der Waals surface area contributed by atoms with Crippen molar-refractivity contribution in [3.8, 4) is 22.8 Å². The van der Waals surface area contributed by atoms with Crippen molar-refractivity contribution in [2.24, 2.45) is 0 Å². The highest BCUT2D eigenvalue weighted by Crippen LogP contribution is 2.45. The Morgan fingerprint density at radius 2 is 1.61 bits per heavy atom. The summed E-state index contributed by atoms with van der Waals surface area (Å²) in [6.07, 6.45) is 2.97. The normalized spacial score (nSPS) is 10.4. The first-order chi connectivity index (χ1) is 18.3. The van der Waals surface area contributed by atoms with E-state index >= 15 is 0 Å². The van der Waals surface area contributed by atoms with Crippen molar-refractivity contribution in [2.45, 2.75) is 0 Å². The number of nitrogens with zero attached hydrogens (tertiary/aromatic N) is 3. The maximum atomic E-state index is 13.2. The highest BCUT2D eigenvalue weighted by molar-refractivity contribution is 6.41. The van der Waals surface area contributed by atoms with Gasteiger partial charge in [0.1, 0.15) is 39.5 Å². The number of amides is 1. The topological polar surface area (TPSA) is 110 Å². The number of carbonyl (C=O) groups excluding carboxylic acids is 1. The van der Waals surface area contributed by atoms with E-state index in [1.165, 1.54) is 20.5 Å². The van der Waals surface area contributed by atoms with Crippen LogP contribution < -0.4 is 25.4 Å². The second-order valence-electron chi connectivity index (χ2n) is 7.63. The predicted molar refractivity (Wildman–Crippen MR) is 147 cm³/mol. The number of benzene rings is 2. The highest BCUT2D eigenvalue weighted by Gasteiger charge is 2.20. The number of anilines is 5. The van der Waals surface area contributed by atoms with Crippen molar-refractivity contribution in [2.75, 3.05) is 30.2 Å². The van der Waals surface area contributed by atoms with E-state index in [0.29, 0.717) is 51.5 Å². The van der Waals surface area contributed by atoms with Gasteiger partial charge in [-0.3, -0.25) is 4.79 Å². The van der Waals surface area contributed by atoms with E-state index in [1.54, 1.807) is 48.7 Å². The largest absolute Gasteiger partial charge is 0.495 e. The fraction of sp³-hybridized carbons (Fsp3) is 0.0769. The van der Waals surface area contributed by atoms with Crippen LogP contribution in [0.1, 0.15) is 0 Å². The van der Waals surface area contributed by atoms with Gasteiger partial charge in [-0.1, -0.05) is 41.9 Å². The Labute approximate surface area is 227 Å². The molecule has 0 radical (unpaired) electrons. The molecule has 0 atom stereocenters. The maximum absolute atomic E-state index is 13.2. The maximum Gasteiger partial charge on any atom is 0.283 e. The van der Waals surface area contributed by atoms with Crippen molar-refractivity contribution in [1.82, 2.24) is 15.0 Å². The van der Waals surface area contributed by atoms with Gasteiger partial charge < -0.3 is 25.4 Å². The van der Waals surface area contributed by atoms with Gasteiger partial charge in [-0.25, -0.2) is 19.3 Å². The van der Waals surface area contributed by atoms with Gasteiger partial charge in [0, 0.05) is 23.9 Å². The monoisotopic (exact) mass is 554 g/mol. The van der Waals surface area contributed by atoms with Gasteiger partial charge in [0.05, 0.1) is 37.0 Å². The van der Waals surface area contributed by atoms with E-state index in [1.807, 2.05) is 6.07 Å². The summed E-state index contributed by atoms with van der Waals surface area (Å²) in [4.78, 5) is 24.9. The third-order valence-corrected chi connectivity index (χ3v) is 6.00. The highest BCUT2D eigenvalue weighted by atomic mass is 35.5. The molecule has 0 saturated carbocycles. The number of ether oxygens (including phenoxy) is 2. The molecule has 0 bridgehead atoms. The molecule has 38 heavy (non-hydrogen) atoms. The minimum absolute atomic E-state index is 0.245. The Morgan fingerprint density at radius 3 is 2.26 bits per heavy atom. The van der Waals surface area contributed by atoms with Crippen molar-refractivity contribution < 1.29 is 18.7 Å². The van der Waals surface area contributed by atoms with Gasteiger partial charge >= 0.3 is 0 Å². The molecule has 0 saturated heterocycles. The van der Waals surface area contributed by atoms with E-state index in [9.17, 15) is 9.18 Å². The molecular weight excluding hydrogens is 534 g/mol. The summed E-state index contributed by atoms with van der Waals surface area (Å²) < 4.78 is 23.9. The fourth-order valence-electron chi connectivity index (χ4n) is 3.43. The lowest BCUT2D eigenvalue weighted by molar-refractivity contribution is -0.114. The Kier molecular flexibility index (Phi) is 8.25. The number of pyridine rings is 1. The lowest BCUT2D eigenvalue weighted by Gasteiger charge is -2.17. The molecular formula is C26H21Cl2FN6O3. The van der Waals surface area contributed by atoms with Crippen LogP contribution in [0.25, 0.3) is 11.3 Å². The van der Waals surface area contributed by atoms with Crippen LogP contribution in [0, 0.1) is 0 Å². The summed E-state index contributed by atoms with van der Waals surface area (Å²) in [5.74, 6) is -0.503. The molecule has 0 aliphatic rings. The lowest BCUT2D eigenvalue weighted by Crippen LogP contribution is -2.12. The number of aromatic nitrogens is 3. The first-order valence-corrected chi connectivity index (χ1v) is 11.7. The predicted octanol–water partition coefficient (Wildman–Crippen LogP) is 6.77. The minimum Gasteiger partial charge on any atom is -0.495 e. The molecule has 0 fully saturated rings. The van der Waals surface area contributed by atoms with Gasteiger partial charge in [0.2, 0.25) is 0 Å². The minimum atomic E-state index is -1.10. The lowest BCUT2D eigenvalue weighted by atomic mass is 10.1. The molecule has 0 spiro atoms. The second kappa shape index (κ2) is 11.8. The van der Waals surface area contributed by atoms with Crippen LogP contribution >= 0.6 is 23.2 Å². The molecule has 4 aromatic rings. The quantitative estimate of drug-likeness (QED) is 0.194. The Balaban J connectivity index is 1.68. The summed E-state index contributed by atoms with van der Waals surface area (Å²) in [5, 5.41) is 9.22. The Morgan fingerprint density at radius 1 is 0.921 bits per heavy atom. The zero-order valence-electron chi connectivity index (χ0n) is 20.2. The van der Waals surface area contributed by atoms with Crippen LogP contribution in [0.15, 0.2) is 73.5 Å². The zero-order valence-corrected chi connectivity index (χ0v) is 21.7. The molecule has 1 amide bonds.